The summed E-state index contributed by atoms with van der Waals surface area (Å²) in [5.41, 5.74) is 5.75. The second-order valence-electron chi connectivity index (χ2n) is 10.7. The van der Waals surface area contributed by atoms with Crippen LogP contribution in [0.2, 0.25) is 0 Å². The Kier molecular flexibility index (Phi) is 8.52. The van der Waals surface area contributed by atoms with E-state index >= 15 is 0 Å². The molecule has 1 aliphatic rings. The minimum absolute atomic E-state index is 0.00275. The highest BCUT2D eigenvalue weighted by atomic mass is 16.5. The minimum atomic E-state index is -0.00275. The first-order valence-corrected chi connectivity index (χ1v) is 14.2. The van der Waals surface area contributed by atoms with E-state index in [0.717, 1.165) is 71.5 Å². The normalized spacial score (nSPS) is 15.2. The Morgan fingerprint density at radius 2 is 1.92 bits per heavy atom. The van der Waals surface area contributed by atoms with Crippen LogP contribution in [0.4, 0.5) is 11.4 Å². The van der Waals surface area contributed by atoms with Crippen molar-refractivity contribution in [3.63, 3.8) is 0 Å². The van der Waals surface area contributed by atoms with Crippen LogP contribution in [-0.2, 0) is 0 Å². The Hall–Kier alpha value is -3.77. The van der Waals surface area contributed by atoms with E-state index in [1.54, 1.807) is 0 Å². The van der Waals surface area contributed by atoms with E-state index in [9.17, 15) is 4.79 Å². The summed E-state index contributed by atoms with van der Waals surface area (Å²) in [4.78, 5) is 21.4. The first kappa shape index (κ1) is 26.8. The third-order valence-electron chi connectivity index (χ3n) is 7.52. The molecule has 1 atom stereocenters. The summed E-state index contributed by atoms with van der Waals surface area (Å²) in [7, 11) is 2.17. The fraction of sp³-hybridized carbons (Fsp3) is 0.364. The molecule has 0 fully saturated rings. The van der Waals surface area contributed by atoms with Gasteiger partial charge >= 0.3 is 0 Å². The van der Waals surface area contributed by atoms with Crippen LogP contribution in [0.5, 0.6) is 5.75 Å². The number of hydrogen-bond donors (Lipinski definition) is 2. The van der Waals surface area contributed by atoms with Crippen molar-refractivity contribution >= 4 is 28.2 Å². The number of hydrogen-bond acceptors (Lipinski definition) is 4. The van der Waals surface area contributed by atoms with Gasteiger partial charge in [0.15, 0.2) is 0 Å². The van der Waals surface area contributed by atoms with Gasteiger partial charge in [-0.1, -0.05) is 25.1 Å². The van der Waals surface area contributed by atoms with E-state index in [-0.39, 0.29) is 5.91 Å². The molecule has 4 aromatic rings. The molecule has 2 N–H and O–H groups in total. The highest BCUT2D eigenvalue weighted by Crippen LogP contribution is 2.35. The van der Waals surface area contributed by atoms with Crippen molar-refractivity contribution in [2.75, 3.05) is 43.5 Å². The molecule has 6 heteroatoms. The van der Waals surface area contributed by atoms with Crippen LogP contribution in [-0.4, -0.2) is 55.1 Å². The van der Waals surface area contributed by atoms with Crippen LogP contribution in [0.25, 0.3) is 22.0 Å². The molecule has 0 spiro atoms. The molecule has 2 heterocycles. The second-order valence-corrected chi connectivity index (χ2v) is 10.7. The molecular formula is C33H40N4O2. The summed E-state index contributed by atoms with van der Waals surface area (Å²) in [6.07, 6.45) is 6.04. The number of fused-ring (bicyclic) bond motifs is 2. The van der Waals surface area contributed by atoms with Crippen LogP contribution < -0.4 is 15.0 Å². The van der Waals surface area contributed by atoms with Gasteiger partial charge in [-0.05, 0) is 112 Å². The number of unbranched alkanes of at least 4 members (excludes halogenated alkanes) is 1. The molecule has 1 amide bonds. The van der Waals surface area contributed by atoms with E-state index in [1.807, 2.05) is 53.6 Å². The molecule has 204 valence electrons. The van der Waals surface area contributed by atoms with Gasteiger partial charge in [0, 0.05) is 35.4 Å². The number of nitrogens with zero attached hydrogens (tertiary/aromatic N) is 2. The average Bonchev–Trinajstić information content (AvgIpc) is 3.34. The van der Waals surface area contributed by atoms with Crippen LogP contribution in [0.15, 0.2) is 72.9 Å². The van der Waals surface area contributed by atoms with Crippen LogP contribution in [0.3, 0.4) is 0 Å². The number of aromatic nitrogens is 1. The van der Waals surface area contributed by atoms with Crippen molar-refractivity contribution < 1.29 is 9.53 Å². The average molecular weight is 525 g/mol. The summed E-state index contributed by atoms with van der Waals surface area (Å²) in [6.45, 7) is 7.83. The molecule has 5 rings (SSSR count). The van der Waals surface area contributed by atoms with Gasteiger partial charge in [0.25, 0.3) is 5.91 Å². The molecule has 0 radical (unpaired) electrons. The zero-order chi connectivity index (χ0) is 27.2. The number of rotatable bonds is 10. The molecule has 0 unspecified atom stereocenters. The van der Waals surface area contributed by atoms with E-state index in [0.29, 0.717) is 24.8 Å². The summed E-state index contributed by atoms with van der Waals surface area (Å²) in [5.74, 6) is 0.754. The minimum Gasteiger partial charge on any atom is -0.493 e. The van der Waals surface area contributed by atoms with Crippen LogP contribution in [0.1, 0.15) is 49.9 Å². The van der Waals surface area contributed by atoms with Gasteiger partial charge in [0.05, 0.1) is 18.0 Å². The number of aromatic amines is 1. The Labute approximate surface area is 232 Å². The number of H-pyrrole nitrogens is 1. The zero-order valence-corrected chi connectivity index (χ0v) is 23.4. The Morgan fingerprint density at radius 3 is 2.79 bits per heavy atom. The fourth-order valence-corrected chi connectivity index (χ4v) is 5.37. The monoisotopic (exact) mass is 524 g/mol. The van der Waals surface area contributed by atoms with Crippen molar-refractivity contribution in [1.82, 2.24) is 9.88 Å². The largest absolute Gasteiger partial charge is 0.493 e. The van der Waals surface area contributed by atoms with Gasteiger partial charge < -0.3 is 24.8 Å². The number of anilines is 2. The van der Waals surface area contributed by atoms with Crippen molar-refractivity contribution in [2.24, 2.45) is 0 Å². The molecular weight excluding hydrogens is 484 g/mol. The van der Waals surface area contributed by atoms with E-state index in [4.69, 9.17) is 4.74 Å². The molecule has 6 nitrogen and oxygen atoms in total. The lowest BCUT2D eigenvalue weighted by Crippen LogP contribution is -2.32. The molecule has 0 saturated heterocycles. The lowest BCUT2D eigenvalue weighted by atomic mass is 10.0. The first-order valence-electron chi connectivity index (χ1n) is 14.2. The summed E-state index contributed by atoms with van der Waals surface area (Å²) < 4.78 is 6.41. The molecule has 3 aromatic carbocycles. The molecule has 1 aliphatic heterocycles. The smallest absolute Gasteiger partial charge is 0.258 e. The second kappa shape index (κ2) is 12.4. The van der Waals surface area contributed by atoms with Gasteiger partial charge in [-0.15, -0.1) is 0 Å². The van der Waals surface area contributed by atoms with E-state index < -0.39 is 0 Å². The standard InChI is InChI=1S/C33H40N4O2/c1-4-18-36(3)19-7-8-21-39-32-23-27(11-13-28(32)25-12-14-29-26(22-25)15-17-34-29)33(38)37-20-16-24(2)35-30-9-5-6-10-31(30)37/h5-6,9-15,17,22-24,34-35H,4,7-8,16,18-21H2,1-3H3/t24-/m0/s1. The SMILES string of the molecule is CCCN(C)CCCCOc1cc(C(=O)N2CC[C@H](C)Nc3ccccc32)ccc1-c1ccc2[nH]ccc2c1. The van der Waals surface area contributed by atoms with Crippen molar-refractivity contribution in [3.05, 3.63) is 78.5 Å². The maximum atomic E-state index is 13.9. The van der Waals surface area contributed by atoms with Gasteiger partial charge in [-0.25, -0.2) is 0 Å². The van der Waals surface area contributed by atoms with Gasteiger partial charge in [0.2, 0.25) is 0 Å². The Balaban J connectivity index is 1.41. The molecule has 0 saturated carbocycles. The molecule has 1 aromatic heterocycles. The predicted molar refractivity (Wildman–Crippen MR) is 162 cm³/mol. The third-order valence-corrected chi connectivity index (χ3v) is 7.52. The lowest BCUT2D eigenvalue weighted by molar-refractivity contribution is 0.0986. The number of carbonyl (C=O) groups is 1. The fourth-order valence-electron chi connectivity index (χ4n) is 5.37. The Bertz CT molecular complexity index is 1410. The number of amides is 1. The van der Waals surface area contributed by atoms with Gasteiger partial charge in [-0.2, -0.15) is 0 Å². The van der Waals surface area contributed by atoms with Crippen molar-refractivity contribution in [1.29, 1.82) is 0 Å². The molecule has 39 heavy (non-hydrogen) atoms. The number of benzene rings is 3. The predicted octanol–water partition coefficient (Wildman–Crippen LogP) is 7.19. The first-order chi connectivity index (χ1) is 19.0. The highest BCUT2D eigenvalue weighted by molar-refractivity contribution is 6.08. The topological polar surface area (TPSA) is 60.6 Å². The summed E-state index contributed by atoms with van der Waals surface area (Å²) in [5, 5.41) is 4.70. The molecule has 0 aliphatic carbocycles. The van der Waals surface area contributed by atoms with E-state index in [2.05, 4.69) is 60.4 Å². The van der Waals surface area contributed by atoms with Crippen molar-refractivity contribution in [3.8, 4) is 16.9 Å². The number of para-hydroxylation sites is 2. The third kappa shape index (κ3) is 6.28. The highest BCUT2D eigenvalue weighted by Gasteiger charge is 2.25. The quantitative estimate of drug-likeness (QED) is 0.216. The van der Waals surface area contributed by atoms with Crippen LogP contribution in [0, 0.1) is 0 Å². The summed E-state index contributed by atoms with van der Waals surface area (Å²) in [6, 6.07) is 22.7. The maximum absolute atomic E-state index is 13.9. The number of nitrogens with one attached hydrogen (secondary N) is 2. The van der Waals surface area contributed by atoms with Crippen molar-refractivity contribution in [2.45, 2.75) is 45.6 Å². The molecule has 0 bridgehead atoms. The van der Waals surface area contributed by atoms with Gasteiger partial charge in [-0.3, -0.25) is 4.79 Å². The lowest BCUT2D eigenvalue weighted by Gasteiger charge is -2.23. The summed E-state index contributed by atoms with van der Waals surface area (Å²) >= 11 is 0. The number of carbonyl (C=O) groups excluding carboxylic acids is 1. The van der Waals surface area contributed by atoms with Gasteiger partial charge in [0.1, 0.15) is 5.75 Å². The van der Waals surface area contributed by atoms with E-state index in [1.165, 1.54) is 6.42 Å². The Morgan fingerprint density at radius 1 is 1.05 bits per heavy atom. The zero-order valence-electron chi connectivity index (χ0n) is 23.4. The van der Waals surface area contributed by atoms with Crippen LogP contribution >= 0.6 is 0 Å². The number of ether oxygens (including phenoxy) is 1. The maximum Gasteiger partial charge on any atom is 0.258 e.